The topological polar surface area (TPSA) is 33.2 Å². The molecule has 2 aliphatic rings. The normalized spacial score (nSPS) is 25.9. The predicted molar refractivity (Wildman–Crippen MR) is 112 cm³/mol. The first-order valence-electron chi connectivity index (χ1n) is 10.5. The number of nitrogens with zero attached hydrogens (tertiary/aromatic N) is 2. The number of pyridine rings is 1. The van der Waals surface area contributed by atoms with Gasteiger partial charge >= 0.3 is 0 Å². The van der Waals surface area contributed by atoms with Crippen molar-refractivity contribution in [1.29, 1.82) is 0 Å². The van der Waals surface area contributed by atoms with E-state index >= 15 is 0 Å². The van der Waals surface area contributed by atoms with Crippen molar-refractivity contribution in [3.8, 4) is 0 Å². The number of carbonyl (C=O) groups excluding carboxylic acids is 1. The van der Waals surface area contributed by atoms with Gasteiger partial charge in [-0.1, -0.05) is 27.7 Å². The van der Waals surface area contributed by atoms with E-state index in [1.165, 1.54) is 6.07 Å². The van der Waals surface area contributed by atoms with Gasteiger partial charge in [0.15, 0.2) is 0 Å². The molecule has 4 rings (SSSR count). The Balaban J connectivity index is 1.45. The predicted octanol–water partition coefficient (Wildman–Crippen LogP) is 5.48. The van der Waals surface area contributed by atoms with Crippen molar-refractivity contribution in [3.05, 3.63) is 36.3 Å². The van der Waals surface area contributed by atoms with E-state index in [0.29, 0.717) is 30.0 Å². The molecular formula is C24H31FN2O. The summed E-state index contributed by atoms with van der Waals surface area (Å²) in [5, 5.41) is 0.896. The highest BCUT2D eigenvalue weighted by atomic mass is 19.1. The Labute approximate surface area is 167 Å². The highest BCUT2D eigenvalue weighted by molar-refractivity contribution is 5.91. The zero-order valence-electron chi connectivity index (χ0n) is 17.4. The molecule has 1 aliphatic heterocycles. The molecule has 0 radical (unpaired) electrons. The van der Waals surface area contributed by atoms with Crippen LogP contribution in [0.25, 0.3) is 10.9 Å². The lowest BCUT2D eigenvalue weighted by Gasteiger charge is -2.26. The van der Waals surface area contributed by atoms with Gasteiger partial charge in [-0.3, -0.25) is 9.78 Å². The van der Waals surface area contributed by atoms with Gasteiger partial charge in [0.2, 0.25) is 0 Å². The van der Waals surface area contributed by atoms with Crippen molar-refractivity contribution in [2.75, 3.05) is 18.0 Å². The van der Waals surface area contributed by atoms with Crippen LogP contribution in [0.1, 0.15) is 47.0 Å². The highest BCUT2D eigenvalue weighted by Gasteiger charge is 2.44. The van der Waals surface area contributed by atoms with Crippen molar-refractivity contribution < 1.29 is 9.18 Å². The number of ketones is 1. The number of Topliss-reactive ketones (excluding diaryl/α,β-unsaturated/α-hetero) is 1. The molecule has 0 bridgehead atoms. The van der Waals surface area contributed by atoms with Crippen molar-refractivity contribution in [1.82, 2.24) is 4.98 Å². The summed E-state index contributed by atoms with van der Waals surface area (Å²) in [6.45, 7) is 10.5. The molecule has 0 N–H and O–H groups in total. The maximum atomic E-state index is 13.8. The van der Waals surface area contributed by atoms with Crippen molar-refractivity contribution in [2.24, 2.45) is 29.1 Å². The first-order chi connectivity index (χ1) is 13.2. The molecule has 4 heteroatoms. The second-order valence-electron chi connectivity index (χ2n) is 10.1. The fraction of sp³-hybridized carbons (Fsp3) is 0.583. The van der Waals surface area contributed by atoms with Crippen LogP contribution in [0.5, 0.6) is 0 Å². The summed E-state index contributed by atoms with van der Waals surface area (Å²) >= 11 is 0. The lowest BCUT2D eigenvalue weighted by atomic mass is 9.80. The van der Waals surface area contributed by atoms with E-state index in [9.17, 15) is 9.18 Å². The second kappa shape index (κ2) is 7.13. The average molecular weight is 383 g/mol. The number of aromatic nitrogens is 1. The summed E-state index contributed by atoms with van der Waals surface area (Å²) in [4.78, 5) is 19.5. The third-order valence-electron chi connectivity index (χ3n) is 6.73. The van der Waals surface area contributed by atoms with E-state index in [1.54, 1.807) is 12.1 Å². The molecule has 0 spiro atoms. The summed E-state index contributed by atoms with van der Waals surface area (Å²) in [5.41, 5.74) is 2.00. The molecule has 0 amide bonds. The van der Waals surface area contributed by atoms with Gasteiger partial charge < -0.3 is 4.90 Å². The molecule has 1 aliphatic carbocycles. The molecule has 1 aromatic heterocycles. The van der Waals surface area contributed by atoms with E-state index in [-0.39, 0.29) is 17.2 Å². The summed E-state index contributed by atoms with van der Waals surface area (Å²) in [6.07, 6.45) is 4.76. The second-order valence-corrected chi connectivity index (χ2v) is 10.1. The molecule has 1 aromatic carbocycles. The Hall–Kier alpha value is -1.97. The van der Waals surface area contributed by atoms with E-state index in [2.05, 4.69) is 37.6 Å². The molecular weight excluding hydrogens is 351 g/mol. The maximum Gasteiger partial charge on any atom is 0.136 e. The largest absolute Gasteiger partial charge is 0.370 e. The van der Waals surface area contributed by atoms with Crippen molar-refractivity contribution >= 4 is 22.4 Å². The van der Waals surface area contributed by atoms with Gasteiger partial charge in [-0.2, -0.15) is 0 Å². The molecule has 28 heavy (non-hydrogen) atoms. The Morgan fingerprint density at radius 1 is 1.21 bits per heavy atom. The highest BCUT2D eigenvalue weighted by Crippen LogP contribution is 2.46. The number of hydrogen-bond donors (Lipinski definition) is 0. The lowest BCUT2D eigenvalue weighted by molar-refractivity contribution is -0.125. The first kappa shape index (κ1) is 19.4. The van der Waals surface area contributed by atoms with Gasteiger partial charge in [-0.05, 0) is 60.3 Å². The van der Waals surface area contributed by atoms with Gasteiger partial charge in [0.1, 0.15) is 11.6 Å². The number of fused-ring (bicyclic) bond motifs is 2. The molecule has 1 saturated carbocycles. The maximum absolute atomic E-state index is 13.8. The van der Waals surface area contributed by atoms with Crippen LogP contribution in [-0.2, 0) is 4.79 Å². The fourth-order valence-corrected chi connectivity index (χ4v) is 5.28. The zero-order valence-corrected chi connectivity index (χ0v) is 17.4. The average Bonchev–Trinajstić information content (AvgIpc) is 3.18. The van der Waals surface area contributed by atoms with Crippen molar-refractivity contribution in [2.45, 2.75) is 47.0 Å². The van der Waals surface area contributed by atoms with Crippen LogP contribution in [0, 0.1) is 34.9 Å². The first-order valence-corrected chi connectivity index (χ1v) is 10.5. The molecule has 1 saturated heterocycles. The van der Waals surface area contributed by atoms with Gasteiger partial charge in [0.05, 0.1) is 5.52 Å². The molecule has 2 unspecified atom stereocenters. The number of hydrogen-bond acceptors (Lipinski definition) is 3. The van der Waals surface area contributed by atoms with E-state index in [1.807, 2.05) is 12.3 Å². The minimum atomic E-state index is -0.215. The molecule has 2 fully saturated rings. The Morgan fingerprint density at radius 2 is 1.89 bits per heavy atom. The standard InChI is InChI=1S/C24H31FN2O/c1-15(23(28)12-24(2,3)4)16-9-17-13-27(14-18(17)10-16)22-7-8-26-21-6-5-19(25)11-20(21)22/h5-8,11,15-18H,9-10,12-14H2,1-4H3/t15?,16?,17-,18+. The molecule has 2 aromatic rings. The molecule has 150 valence electrons. The number of rotatable bonds is 4. The monoisotopic (exact) mass is 382 g/mol. The third kappa shape index (κ3) is 3.78. The van der Waals surface area contributed by atoms with E-state index < -0.39 is 0 Å². The molecule has 3 nitrogen and oxygen atoms in total. The Morgan fingerprint density at radius 3 is 2.54 bits per heavy atom. The SMILES string of the molecule is CC(C(=O)CC(C)(C)C)C1C[C@@H]2CN(c3ccnc4ccc(F)cc34)C[C@@H]2C1. The van der Waals surface area contributed by atoms with Crippen LogP contribution in [0.4, 0.5) is 10.1 Å². The number of carbonyl (C=O) groups is 1. The van der Waals surface area contributed by atoms with Gasteiger partial charge in [-0.25, -0.2) is 4.39 Å². The smallest absolute Gasteiger partial charge is 0.136 e. The molecule has 4 atom stereocenters. The molecule has 2 heterocycles. The summed E-state index contributed by atoms with van der Waals surface area (Å²) in [7, 11) is 0. The zero-order chi connectivity index (χ0) is 20.1. The van der Waals surface area contributed by atoms with Crippen molar-refractivity contribution in [3.63, 3.8) is 0 Å². The minimum absolute atomic E-state index is 0.0638. The summed E-state index contributed by atoms with van der Waals surface area (Å²) in [5.74, 6) is 2.14. The van der Waals surface area contributed by atoms with E-state index in [0.717, 1.165) is 42.5 Å². The van der Waals surface area contributed by atoms with Crippen LogP contribution < -0.4 is 4.90 Å². The van der Waals surface area contributed by atoms with Gasteiger partial charge in [-0.15, -0.1) is 0 Å². The van der Waals surface area contributed by atoms with Gasteiger partial charge in [0, 0.05) is 42.7 Å². The Bertz CT molecular complexity index is 874. The summed E-state index contributed by atoms with van der Waals surface area (Å²) in [6, 6.07) is 6.83. The van der Waals surface area contributed by atoms with Crippen LogP contribution in [0.15, 0.2) is 30.5 Å². The van der Waals surface area contributed by atoms with Gasteiger partial charge in [0.25, 0.3) is 0 Å². The van der Waals surface area contributed by atoms with Crippen LogP contribution in [0.2, 0.25) is 0 Å². The minimum Gasteiger partial charge on any atom is -0.370 e. The Kier molecular flexibility index (Phi) is 4.93. The summed E-state index contributed by atoms with van der Waals surface area (Å²) < 4.78 is 13.8. The third-order valence-corrected chi connectivity index (χ3v) is 6.73. The number of halogens is 1. The number of benzene rings is 1. The lowest BCUT2D eigenvalue weighted by Crippen LogP contribution is -2.26. The van der Waals surface area contributed by atoms with Crippen LogP contribution >= 0.6 is 0 Å². The van der Waals surface area contributed by atoms with Crippen LogP contribution in [-0.4, -0.2) is 23.9 Å². The number of anilines is 1. The van der Waals surface area contributed by atoms with E-state index in [4.69, 9.17) is 0 Å². The van der Waals surface area contributed by atoms with Crippen LogP contribution in [0.3, 0.4) is 0 Å². The quantitative estimate of drug-likeness (QED) is 0.702. The fourth-order valence-electron chi connectivity index (χ4n) is 5.28.